The fourth-order valence-electron chi connectivity index (χ4n) is 4.19. The van der Waals surface area contributed by atoms with E-state index in [1.54, 1.807) is 6.20 Å². The molecule has 0 fully saturated rings. The summed E-state index contributed by atoms with van der Waals surface area (Å²) in [6, 6.07) is 13.7. The molecule has 0 amide bonds. The summed E-state index contributed by atoms with van der Waals surface area (Å²) in [7, 11) is 2.06. The number of para-hydroxylation sites is 1. The van der Waals surface area contributed by atoms with Gasteiger partial charge >= 0.3 is 0 Å². The van der Waals surface area contributed by atoms with Crippen molar-refractivity contribution in [3.63, 3.8) is 0 Å². The molecule has 1 unspecified atom stereocenters. The molecule has 7 heteroatoms. The van der Waals surface area contributed by atoms with Crippen LogP contribution in [0.2, 0.25) is 10.0 Å². The van der Waals surface area contributed by atoms with E-state index in [9.17, 15) is 0 Å². The summed E-state index contributed by atoms with van der Waals surface area (Å²) >= 11 is 12.5. The SMILES string of the molecule is CC1=C(c2nc3cccc(C)c3n2C)C(c2ccc(Cl)c(Cl)c2)n2nccc2N1. The van der Waals surface area contributed by atoms with E-state index >= 15 is 0 Å². The predicted molar refractivity (Wildman–Crippen MR) is 118 cm³/mol. The minimum absolute atomic E-state index is 0.174. The molecule has 5 nitrogen and oxygen atoms in total. The minimum atomic E-state index is -0.174. The maximum atomic E-state index is 6.37. The highest BCUT2D eigenvalue weighted by molar-refractivity contribution is 6.42. The Morgan fingerprint density at radius 2 is 1.86 bits per heavy atom. The molecule has 0 spiro atoms. The second-order valence-corrected chi connectivity index (χ2v) is 8.15. The number of benzene rings is 2. The molecular weight excluding hydrogens is 405 g/mol. The van der Waals surface area contributed by atoms with Crippen molar-refractivity contribution in [1.82, 2.24) is 19.3 Å². The van der Waals surface area contributed by atoms with Crippen LogP contribution in [0, 0.1) is 6.92 Å². The lowest BCUT2D eigenvalue weighted by Crippen LogP contribution is -2.25. The van der Waals surface area contributed by atoms with E-state index in [0.717, 1.165) is 39.5 Å². The lowest BCUT2D eigenvalue weighted by atomic mass is 9.95. The van der Waals surface area contributed by atoms with Crippen molar-refractivity contribution in [3.05, 3.63) is 81.4 Å². The number of hydrogen-bond donors (Lipinski definition) is 1. The van der Waals surface area contributed by atoms with Crippen LogP contribution in [0.1, 0.15) is 29.9 Å². The van der Waals surface area contributed by atoms with Gasteiger partial charge in [-0.25, -0.2) is 9.67 Å². The average molecular weight is 424 g/mol. The third kappa shape index (κ3) is 2.76. The number of nitrogens with zero attached hydrogens (tertiary/aromatic N) is 4. The fourth-order valence-corrected chi connectivity index (χ4v) is 4.50. The van der Waals surface area contributed by atoms with Crippen LogP contribution >= 0.6 is 23.2 Å². The van der Waals surface area contributed by atoms with Crippen LogP contribution in [-0.2, 0) is 7.05 Å². The van der Waals surface area contributed by atoms with Crippen molar-refractivity contribution in [1.29, 1.82) is 0 Å². The van der Waals surface area contributed by atoms with E-state index < -0.39 is 0 Å². The molecule has 3 heterocycles. The monoisotopic (exact) mass is 423 g/mol. The van der Waals surface area contributed by atoms with Gasteiger partial charge in [-0.2, -0.15) is 5.10 Å². The van der Waals surface area contributed by atoms with E-state index in [2.05, 4.69) is 41.9 Å². The maximum absolute atomic E-state index is 6.37. The van der Waals surface area contributed by atoms with Crippen LogP contribution in [0.25, 0.3) is 16.6 Å². The van der Waals surface area contributed by atoms with Crippen molar-refractivity contribution in [2.24, 2.45) is 7.05 Å². The number of allylic oxidation sites excluding steroid dienone is 2. The second kappa shape index (κ2) is 6.65. The number of aryl methyl sites for hydroxylation is 2. The maximum Gasteiger partial charge on any atom is 0.141 e. The van der Waals surface area contributed by atoms with Gasteiger partial charge in [0.25, 0.3) is 0 Å². The first-order valence-electron chi connectivity index (χ1n) is 9.34. The Morgan fingerprint density at radius 1 is 1.03 bits per heavy atom. The highest BCUT2D eigenvalue weighted by Gasteiger charge is 2.32. The van der Waals surface area contributed by atoms with Crippen molar-refractivity contribution in [3.8, 4) is 0 Å². The zero-order valence-corrected chi connectivity index (χ0v) is 17.8. The standard InChI is InChI=1S/C22H19Cl2N5/c1-12-5-4-6-17-20(12)28(3)22(27-17)19-13(2)26-18-9-10-25-29(18)21(19)14-7-8-15(23)16(24)11-14/h4-11,21,26H,1-3H3. The lowest BCUT2D eigenvalue weighted by Gasteiger charge is -2.30. The van der Waals surface area contributed by atoms with Gasteiger partial charge in [-0.05, 0) is 43.2 Å². The van der Waals surface area contributed by atoms with Crippen LogP contribution in [0.4, 0.5) is 5.82 Å². The number of aromatic nitrogens is 4. The van der Waals surface area contributed by atoms with Gasteiger partial charge in [0.1, 0.15) is 17.7 Å². The lowest BCUT2D eigenvalue weighted by molar-refractivity contribution is 0.613. The van der Waals surface area contributed by atoms with Crippen molar-refractivity contribution >= 4 is 45.6 Å². The molecule has 0 saturated carbocycles. The normalized spacial score (nSPS) is 16.2. The van der Waals surface area contributed by atoms with Gasteiger partial charge in [0, 0.05) is 24.4 Å². The summed E-state index contributed by atoms with van der Waals surface area (Å²) in [4.78, 5) is 4.99. The van der Waals surface area contributed by atoms with E-state index in [1.807, 2.05) is 41.1 Å². The quantitative estimate of drug-likeness (QED) is 0.440. The van der Waals surface area contributed by atoms with Gasteiger partial charge in [0.05, 0.1) is 27.3 Å². The summed E-state index contributed by atoms with van der Waals surface area (Å²) in [5, 5.41) is 9.11. The third-order valence-corrected chi connectivity index (χ3v) is 6.24. The van der Waals surface area contributed by atoms with Crippen LogP contribution in [0.3, 0.4) is 0 Å². The summed E-state index contributed by atoms with van der Waals surface area (Å²) in [6.07, 6.45) is 1.79. The van der Waals surface area contributed by atoms with E-state index in [-0.39, 0.29) is 6.04 Å². The molecule has 0 saturated heterocycles. The zero-order valence-electron chi connectivity index (χ0n) is 16.2. The smallest absolute Gasteiger partial charge is 0.141 e. The molecule has 0 radical (unpaired) electrons. The highest BCUT2D eigenvalue weighted by atomic mass is 35.5. The van der Waals surface area contributed by atoms with E-state index in [1.165, 1.54) is 5.56 Å². The molecule has 1 N–H and O–H groups in total. The van der Waals surface area contributed by atoms with Gasteiger partial charge in [0.15, 0.2) is 0 Å². The van der Waals surface area contributed by atoms with Crippen LogP contribution in [0.15, 0.2) is 54.4 Å². The molecule has 1 aliphatic rings. The molecule has 0 bridgehead atoms. The van der Waals surface area contributed by atoms with E-state index in [4.69, 9.17) is 28.2 Å². The summed E-state index contributed by atoms with van der Waals surface area (Å²) < 4.78 is 4.12. The number of rotatable bonds is 2. The molecule has 0 aliphatic carbocycles. The molecule has 1 atom stereocenters. The Balaban J connectivity index is 1.79. The van der Waals surface area contributed by atoms with Gasteiger partial charge in [-0.3, -0.25) is 0 Å². The minimum Gasteiger partial charge on any atom is -0.344 e. The van der Waals surface area contributed by atoms with Crippen molar-refractivity contribution in [2.45, 2.75) is 19.9 Å². The molecule has 29 heavy (non-hydrogen) atoms. The molecular formula is C22H19Cl2N5. The number of halogens is 2. The fraction of sp³-hybridized carbons (Fsp3) is 0.182. The van der Waals surface area contributed by atoms with Gasteiger partial charge < -0.3 is 9.88 Å². The Morgan fingerprint density at radius 3 is 2.62 bits per heavy atom. The largest absolute Gasteiger partial charge is 0.344 e. The zero-order chi connectivity index (χ0) is 20.3. The van der Waals surface area contributed by atoms with Crippen molar-refractivity contribution in [2.75, 3.05) is 5.32 Å². The topological polar surface area (TPSA) is 47.7 Å². The first-order valence-corrected chi connectivity index (χ1v) is 10.1. The van der Waals surface area contributed by atoms with Crippen LogP contribution in [-0.4, -0.2) is 19.3 Å². The molecule has 5 rings (SSSR count). The number of hydrogen-bond acceptors (Lipinski definition) is 3. The summed E-state index contributed by atoms with van der Waals surface area (Å²) in [5.41, 5.74) is 6.38. The third-order valence-electron chi connectivity index (χ3n) is 5.50. The van der Waals surface area contributed by atoms with Gasteiger partial charge in [-0.15, -0.1) is 0 Å². The number of fused-ring (bicyclic) bond motifs is 2. The molecule has 4 aromatic rings. The Kier molecular flexibility index (Phi) is 4.19. The Labute approximate surface area is 178 Å². The summed E-state index contributed by atoms with van der Waals surface area (Å²) in [5.74, 6) is 1.83. The number of imidazole rings is 1. The van der Waals surface area contributed by atoms with Crippen LogP contribution in [0.5, 0.6) is 0 Å². The average Bonchev–Trinajstić information content (AvgIpc) is 3.28. The molecule has 2 aromatic heterocycles. The molecule has 2 aromatic carbocycles. The summed E-state index contributed by atoms with van der Waals surface area (Å²) in [6.45, 7) is 4.18. The second-order valence-electron chi connectivity index (χ2n) is 7.34. The number of anilines is 1. The number of nitrogens with one attached hydrogen (secondary N) is 1. The van der Waals surface area contributed by atoms with E-state index in [0.29, 0.717) is 10.0 Å². The van der Waals surface area contributed by atoms with Crippen molar-refractivity contribution < 1.29 is 0 Å². The molecule has 146 valence electrons. The Bertz CT molecular complexity index is 1300. The van der Waals surface area contributed by atoms with Gasteiger partial charge in [0.2, 0.25) is 0 Å². The first-order chi connectivity index (χ1) is 14.0. The first kappa shape index (κ1) is 18.3. The predicted octanol–water partition coefficient (Wildman–Crippen LogP) is 5.83. The van der Waals surface area contributed by atoms with Gasteiger partial charge in [-0.1, -0.05) is 41.4 Å². The highest BCUT2D eigenvalue weighted by Crippen LogP contribution is 2.42. The molecule has 1 aliphatic heterocycles. The Hall–Kier alpha value is -2.76. The van der Waals surface area contributed by atoms with Crippen LogP contribution < -0.4 is 5.32 Å².